The Balaban J connectivity index is 2.09. The van der Waals surface area contributed by atoms with E-state index in [1.165, 1.54) is 18.7 Å². The van der Waals surface area contributed by atoms with Crippen LogP contribution in [0.4, 0.5) is 11.5 Å². The van der Waals surface area contributed by atoms with E-state index in [-0.39, 0.29) is 5.69 Å². The number of aromatic nitrogens is 1. The van der Waals surface area contributed by atoms with Crippen LogP contribution < -0.4 is 10.2 Å². The number of hydrogen-bond acceptors (Lipinski definition) is 5. The average molecular weight is 271 g/mol. The summed E-state index contributed by atoms with van der Waals surface area (Å²) in [6.45, 7) is 1.84. The summed E-state index contributed by atoms with van der Waals surface area (Å²) in [5.74, 6) is 0.580. The van der Waals surface area contributed by atoms with Gasteiger partial charge in [0.2, 0.25) is 0 Å². The van der Waals surface area contributed by atoms with Gasteiger partial charge in [-0.25, -0.2) is 4.98 Å². The molecule has 98 valence electrons. The number of nitrogens with zero attached hydrogens (tertiary/aromatic N) is 3. The van der Waals surface area contributed by atoms with Gasteiger partial charge in [0.15, 0.2) is 0 Å². The number of rotatable bonds is 4. The van der Waals surface area contributed by atoms with Gasteiger partial charge in [0, 0.05) is 25.7 Å². The molecule has 1 fully saturated rings. The van der Waals surface area contributed by atoms with Crippen LogP contribution in [0.3, 0.4) is 0 Å². The fourth-order valence-electron chi connectivity index (χ4n) is 2.13. The van der Waals surface area contributed by atoms with Crippen LogP contribution in [-0.4, -0.2) is 36.1 Å². The highest BCUT2D eigenvalue weighted by Gasteiger charge is 2.19. The monoisotopic (exact) mass is 270 g/mol. The highest BCUT2D eigenvalue weighted by molar-refractivity contribution is 6.33. The van der Waals surface area contributed by atoms with Crippen LogP contribution in [0.1, 0.15) is 12.8 Å². The summed E-state index contributed by atoms with van der Waals surface area (Å²) in [6, 6.07) is 1.77. The van der Waals surface area contributed by atoms with Gasteiger partial charge < -0.3 is 10.2 Å². The first-order valence-electron chi connectivity index (χ1n) is 5.82. The third kappa shape index (κ3) is 2.88. The van der Waals surface area contributed by atoms with Crippen LogP contribution in [0, 0.1) is 10.1 Å². The standard InChI is InChI=1S/C11H15ClN4O2/c1-15(7-8-3-2-4-13-8)11-10(12)5-9(6-14-11)16(17)18/h5-6,8,13H,2-4,7H2,1H3. The molecule has 6 nitrogen and oxygen atoms in total. The van der Waals surface area contributed by atoms with Gasteiger partial charge >= 0.3 is 0 Å². The van der Waals surface area contributed by atoms with E-state index in [0.717, 1.165) is 19.5 Å². The van der Waals surface area contributed by atoms with E-state index < -0.39 is 4.92 Å². The summed E-state index contributed by atoms with van der Waals surface area (Å²) >= 11 is 6.02. The number of nitro groups is 1. The molecule has 0 spiro atoms. The lowest BCUT2D eigenvalue weighted by Gasteiger charge is -2.22. The van der Waals surface area contributed by atoms with Gasteiger partial charge in [-0.2, -0.15) is 0 Å². The average Bonchev–Trinajstić information content (AvgIpc) is 2.81. The Kier molecular flexibility index (Phi) is 3.98. The lowest BCUT2D eigenvalue weighted by atomic mass is 10.2. The van der Waals surface area contributed by atoms with Gasteiger partial charge in [-0.3, -0.25) is 10.1 Å². The molecule has 0 aliphatic carbocycles. The Labute approximate surface area is 110 Å². The molecule has 1 aromatic rings. The lowest BCUT2D eigenvalue weighted by Crippen LogP contribution is -2.35. The molecule has 1 aliphatic heterocycles. The number of pyridine rings is 1. The van der Waals surface area contributed by atoms with Crippen molar-refractivity contribution in [1.82, 2.24) is 10.3 Å². The number of likely N-dealkylation sites (N-methyl/N-ethyl adjacent to an activating group) is 1. The minimum atomic E-state index is -0.499. The normalized spacial score (nSPS) is 18.9. The molecule has 2 rings (SSSR count). The number of halogens is 1. The Hall–Kier alpha value is -1.40. The van der Waals surface area contributed by atoms with Crippen molar-refractivity contribution in [2.45, 2.75) is 18.9 Å². The molecule has 2 heterocycles. The van der Waals surface area contributed by atoms with Crippen molar-refractivity contribution >= 4 is 23.1 Å². The molecular weight excluding hydrogens is 256 g/mol. The van der Waals surface area contributed by atoms with Gasteiger partial charge in [-0.1, -0.05) is 11.6 Å². The SMILES string of the molecule is CN(CC1CCCN1)c1ncc([N+](=O)[O-])cc1Cl. The third-order valence-corrected chi connectivity index (χ3v) is 3.31. The maximum absolute atomic E-state index is 10.6. The van der Waals surface area contributed by atoms with E-state index in [4.69, 9.17) is 11.6 Å². The lowest BCUT2D eigenvalue weighted by molar-refractivity contribution is -0.385. The first-order valence-corrected chi connectivity index (χ1v) is 6.20. The zero-order chi connectivity index (χ0) is 13.1. The van der Waals surface area contributed by atoms with Crippen molar-refractivity contribution in [2.75, 3.05) is 25.0 Å². The van der Waals surface area contributed by atoms with Crippen molar-refractivity contribution in [2.24, 2.45) is 0 Å². The van der Waals surface area contributed by atoms with Crippen molar-refractivity contribution < 1.29 is 4.92 Å². The largest absolute Gasteiger partial charge is 0.357 e. The molecule has 18 heavy (non-hydrogen) atoms. The van der Waals surface area contributed by atoms with Crippen LogP contribution in [0.2, 0.25) is 5.02 Å². The topological polar surface area (TPSA) is 71.3 Å². The van der Waals surface area contributed by atoms with Crippen molar-refractivity contribution in [1.29, 1.82) is 0 Å². The molecule has 1 N–H and O–H groups in total. The molecule has 7 heteroatoms. The summed E-state index contributed by atoms with van der Waals surface area (Å²) in [4.78, 5) is 16.1. The maximum Gasteiger partial charge on any atom is 0.289 e. The molecule has 1 atom stereocenters. The fourth-order valence-corrected chi connectivity index (χ4v) is 2.44. The Bertz CT molecular complexity index is 449. The van der Waals surface area contributed by atoms with Gasteiger partial charge in [-0.15, -0.1) is 0 Å². The Morgan fingerprint density at radius 2 is 2.50 bits per heavy atom. The number of hydrogen-bond donors (Lipinski definition) is 1. The second kappa shape index (κ2) is 5.49. The molecule has 0 bridgehead atoms. The molecular formula is C11H15ClN4O2. The first-order chi connectivity index (χ1) is 8.58. The molecule has 1 aromatic heterocycles. The number of anilines is 1. The van der Waals surface area contributed by atoms with E-state index in [9.17, 15) is 10.1 Å². The molecule has 0 saturated carbocycles. The molecule has 0 radical (unpaired) electrons. The second-order valence-corrected chi connectivity index (χ2v) is 4.84. The van der Waals surface area contributed by atoms with Gasteiger partial charge in [0.25, 0.3) is 5.69 Å². The van der Waals surface area contributed by atoms with E-state index >= 15 is 0 Å². The summed E-state index contributed by atoms with van der Waals surface area (Å²) < 4.78 is 0. The summed E-state index contributed by atoms with van der Waals surface area (Å²) in [6.07, 6.45) is 3.55. The first kappa shape index (κ1) is 13.0. The third-order valence-electron chi connectivity index (χ3n) is 3.04. The predicted octanol–water partition coefficient (Wildman–Crippen LogP) is 1.83. The zero-order valence-electron chi connectivity index (χ0n) is 10.1. The minimum absolute atomic E-state index is 0.0869. The molecule has 0 aromatic carbocycles. The van der Waals surface area contributed by atoms with Gasteiger partial charge in [-0.05, 0) is 19.4 Å². The Morgan fingerprint density at radius 3 is 3.06 bits per heavy atom. The van der Waals surface area contributed by atoms with E-state index in [0.29, 0.717) is 16.9 Å². The van der Waals surface area contributed by atoms with Gasteiger partial charge in [0.05, 0.1) is 9.95 Å². The molecule has 1 aliphatic rings. The van der Waals surface area contributed by atoms with E-state index in [1.807, 2.05) is 11.9 Å². The number of nitrogens with one attached hydrogen (secondary N) is 1. The van der Waals surface area contributed by atoms with Crippen LogP contribution in [0.5, 0.6) is 0 Å². The highest BCUT2D eigenvalue weighted by Crippen LogP contribution is 2.26. The van der Waals surface area contributed by atoms with E-state index in [2.05, 4.69) is 10.3 Å². The van der Waals surface area contributed by atoms with E-state index in [1.54, 1.807) is 0 Å². The fraction of sp³-hybridized carbons (Fsp3) is 0.545. The quantitative estimate of drug-likeness (QED) is 0.668. The predicted molar refractivity (Wildman–Crippen MR) is 70.2 cm³/mol. The van der Waals surface area contributed by atoms with Gasteiger partial charge in [0.1, 0.15) is 12.0 Å². The van der Waals surface area contributed by atoms with Crippen molar-refractivity contribution in [3.63, 3.8) is 0 Å². The minimum Gasteiger partial charge on any atom is -0.357 e. The zero-order valence-corrected chi connectivity index (χ0v) is 10.9. The summed E-state index contributed by atoms with van der Waals surface area (Å²) in [5, 5.41) is 14.3. The van der Waals surface area contributed by atoms with Crippen LogP contribution in [0.15, 0.2) is 12.3 Å². The molecule has 0 amide bonds. The smallest absolute Gasteiger partial charge is 0.289 e. The molecule has 1 unspecified atom stereocenters. The molecule has 1 saturated heterocycles. The highest BCUT2D eigenvalue weighted by atomic mass is 35.5. The maximum atomic E-state index is 10.6. The van der Waals surface area contributed by atoms with Crippen LogP contribution >= 0.6 is 11.6 Å². The van der Waals surface area contributed by atoms with Crippen LogP contribution in [0.25, 0.3) is 0 Å². The van der Waals surface area contributed by atoms with Crippen molar-refractivity contribution in [3.8, 4) is 0 Å². The van der Waals surface area contributed by atoms with Crippen molar-refractivity contribution in [3.05, 3.63) is 27.4 Å². The second-order valence-electron chi connectivity index (χ2n) is 4.43. The Morgan fingerprint density at radius 1 is 1.72 bits per heavy atom. The van der Waals surface area contributed by atoms with Crippen LogP contribution in [-0.2, 0) is 0 Å². The summed E-state index contributed by atoms with van der Waals surface area (Å²) in [5.41, 5.74) is -0.0869. The summed E-state index contributed by atoms with van der Waals surface area (Å²) in [7, 11) is 1.89.